The number of nitrogens with one attached hydrogen (secondary N) is 1. The van der Waals surface area contributed by atoms with Crippen molar-refractivity contribution in [3.05, 3.63) is 53.3 Å². The molecule has 4 rings (SSSR count). The third-order valence-corrected chi connectivity index (χ3v) is 4.81. The van der Waals surface area contributed by atoms with Gasteiger partial charge in [0, 0.05) is 32.0 Å². The van der Waals surface area contributed by atoms with Crippen LogP contribution in [-0.4, -0.2) is 42.9 Å². The lowest BCUT2D eigenvalue weighted by Crippen LogP contribution is -2.33. The molecule has 1 fully saturated rings. The fraction of sp³-hybridized carbons (Fsp3) is 0.421. The van der Waals surface area contributed by atoms with Crippen molar-refractivity contribution in [1.29, 1.82) is 0 Å². The summed E-state index contributed by atoms with van der Waals surface area (Å²) < 4.78 is 11.1. The summed E-state index contributed by atoms with van der Waals surface area (Å²) in [4.78, 5) is 6.82. The largest absolute Gasteiger partial charge is 0.454 e. The van der Waals surface area contributed by atoms with Gasteiger partial charge in [-0.15, -0.1) is 0 Å². The van der Waals surface area contributed by atoms with Crippen molar-refractivity contribution in [2.75, 3.05) is 33.0 Å². The van der Waals surface area contributed by atoms with Gasteiger partial charge < -0.3 is 14.8 Å². The Morgan fingerprint density at radius 1 is 1.12 bits per heavy atom. The van der Waals surface area contributed by atoms with Crippen LogP contribution in [0.15, 0.2) is 36.7 Å². The summed E-state index contributed by atoms with van der Waals surface area (Å²) >= 11 is 0. The van der Waals surface area contributed by atoms with E-state index < -0.39 is 0 Å². The number of ether oxygens (including phenoxy) is 2. The van der Waals surface area contributed by atoms with Crippen molar-refractivity contribution in [1.82, 2.24) is 15.2 Å². The lowest BCUT2D eigenvalue weighted by Gasteiger charge is -2.32. The Morgan fingerprint density at radius 3 is 2.96 bits per heavy atom. The topological polar surface area (TPSA) is 46.6 Å². The van der Waals surface area contributed by atoms with Gasteiger partial charge in [0.25, 0.3) is 0 Å². The first kappa shape index (κ1) is 15.4. The highest BCUT2D eigenvalue weighted by atomic mass is 16.7. The zero-order valence-corrected chi connectivity index (χ0v) is 14.0. The molecular weight excluding hydrogens is 302 g/mol. The van der Waals surface area contributed by atoms with Gasteiger partial charge in [-0.2, -0.15) is 0 Å². The summed E-state index contributed by atoms with van der Waals surface area (Å²) in [5.74, 6) is 1.68. The molecule has 0 amide bonds. The minimum atomic E-state index is 0.211. The number of aryl methyl sites for hydroxylation is 1. The zero-order valence-electron chi connectivity index (χ0n) is 14.0. The Labute approximate surface area is 142 Å². The maximum atomic E-state index is 5.60. The molecular formula is C19H23N3O2. The molecule has 1 aromatic carbocycles. The highest BCUT2D eigenvalue weighted by Gasteiger charge is 2.26. The maximum Gasteiger partial charge on any atom is 0.231 e. The van der Waals surface area contributed by atoms with Gasteiger partial charge in [-0.05, 0) is 54.8 Å². The van der Waals surface area contributed by atoms with Crippen molar-refractivity contribution in [3.8, 4) is 11.5 Å². The summed E-state index contributed by atoms with van der Waals surface area (Å²) in [5, 5.41) is 3.49. The molecule has 5 nitrogen and oxygen atoms in total. The first-order chi connectivity index (χ1) is 11.8. The van der Waals surface area contributed by atoms with Crippen LogP contribution in [0, 0.1) is 6.92 Å². The smallest absolute Gasteiger partial charge is 0.231 e. The number of fused-ring (bicyclic) bond motifs is 1. The second kappa shape index (κ2) is 6.79. The molecule has 1 N–H and O–H groups in total. The Kier molecular flexibility index (Phi) is 4.36. The predicted molar refractivity (Wildman–Crippen MR) is 92.4 cm³/mol. The first-order valence-corrected chi connectivity index (χ1v) is 8.58. The average Bonchev–Trinajstić information content (AvgIpc) is 2.91. The molecule has 126 valence electrons. The van der Waals surface area contributed by atoms with Crippen LogP contribution in [0.1, 0.15) is 29.2 Å². The lowest BCUT2D eigenvalue weighted by atomic mass is 9.94. The molecule has 5 heteroatoms. The molecule has 2 aliphatic heterocycles. The number of aromatic nitrogens is 1. The molecule has 0 radical (unpaired) electrons. The van der Waals surface area contributed by atoms with Gasteiger partial charge in [0.05, 0.1) is 6.04 Å². The van der Waals surface area contributed by atoms with Crippen molar-refractivity contribution < 1.29 is 9.47 Å². The number of nitrogens with zero attached hydrogens (tertiary/aromatic N) is 2. The molecule has 0 bridgehead atoms. The Balaban J connectivity index is 1.76. The zero-order chi connectivity index (χ0) is 16.4. The van der Waals surface area contributed by atoms with E-state index >= 15 is 0 Å². The van der Waals surface area contributed by atoms with Crippen LogP contribution in [-0.2, 0) is 0 Å². The van der Waals surface area contributed by atoms with E-state index in [9.17, 15) is 0 Å². The van der Waals surface area contributed by atoms with Crippen LogP contribution in [0.25, 0.3) is 0 Å². The van der Waals surface area contributed by atoms with Crippen molar-refractivity contribution in [3.63, 3.8) is 0 Å². The first-order valence-electron chi connectivity index (χ1n) is 8.58. The van der Waals surface area contributed by atoms with Gasteiger partial charge in [0.15, 0.2) is 11.5 Å². The Bertz CT molecular complexity index is 712. The molecule has 1 atom stereocenters. The van der Waals surface area contributed by atoms with Crippen LogP contribution in [0.2, 0.25) is 0 Å². The van der Waals surface area contributed by atoms with E-state index in [4.69, 9.17) is 9.47 Å². The molecule has 24 heavy (non-hydrogen) atoms. The third kappa shape index (κ3) is 2.97. The van der Waals surface area contributed by atoms with Gasteiger partial charge in [0.1, 0.15) is 0 Å². The Hall–Kier alpha value is -2.11. The monoisotopic (exact) mass is 325 g/mol. The predicted octanol–water partition coefficient (Wildman–Crippen LogP) is 2.50. The van der Waals surface area contributed by atoms with Gasteiger partial charge in [0.2, 0.25) is 6.79 Å². The molecule has 0 spiro atoms. The van der Waals surface area contributed by atoms with Crippen LogP contribution >= 0.6 is 0 Å². The second-order valence-corrected chi connectivity index (χ2v) is 6.39. The number of benzene rings is 1. The fourth-order valence-corrected chi connectivity index (χ4v) is 3.59. The Morgan fingerprint density at radius 2 is 2.04 bits per heavy atom. The van der Waals surface area contributed by atoms with Gasteiger partial charge in [-0.25, -0.2) is 0 Å². The molecule has 2 aromatic rings. The molecule has 1 unspecified atom stereocenters. The number of hydrogen-bond donors (Lipinski definition) is 1. The van der Waals surface area contributed by atoms with Crippen molar-refractivity contribution in [2.45, 2.75) is 19.4 Å². The van der Waals surface area contributed by atoms with E-state index in [0.717, 1.165) is 44.1 Å². The molecule has 1 aromatic heterocycles. The van der Waals surface area contributed by atoms with Gasteiger partial charge in [-0.1, -0.05) is 6.07 Å². The second-order valence-electron chi connectivity index (χ2n) is 6.39. The summed E-state index contributed by atoms with van der Waals surface area (Å²) in [6.07, 6.45) is 4.99. The molecule has 1 saturated heterocycles. The van der Waals surface area contributed by atoms with Gasteiger partial charge in [-0.3, -0.25) is 9.88 Å². The van der Waals surface area contributed by atoms with Crippen molar-refractivity contribution >= 4 is 0 Å². The summed E-state index contributed by atoms with van der Waals surface area (Å²) in [6, 6.07) is 8.67. The minimum absolute atomic E-state index is 0.211. The molecule has 3 heterocycles. The van der Waals surface area contributed by atoms with Crippen LogP contribution < -0.4 is 14.8 Å². The van der Waals surface area contributed by atoms with Crippen molar-refractivity contribution in [2.24, 2.45) is 0 Å². The highest BCUT2D eigenvalue weighted by molar-refractivity contribution is 5.47. The van der Waals surface area contributed by atoms with E-state index in [-0.39, 0.29) is 6.04 Å². The summed E-state index contributed by atoms with van der Waals surface area (Å²) in [6.45, 7) is 6.66. The normalized spacial score (nSPS) is 19.0. The summed E-state index contributed by atoms with van der Waals surface area (Å²) in [7, 11) is 0. The van der Waals surface area contributed by atoms with Crippen LogP contribution in [0.3, 0.4) is 0 Å². The third-order valence-electron chi connectivity index (χ3n) is 4.81. The van der Waals surface area contributed by atoms with Gasteiger partial charge >= 0.3 is 0 Å². The van der Waals surface area contributed by atoms with E-state index in [1.807, 2.05) is 18.5 Å². The molecule has 2 aliphatic rings. The van der Waals surface area contributed by atoms with E-state index in [1.54, 1.807) is 0 Å². The lowest BCUT2D eigenvalue weighted by molar-refractivity contribution is 0.173. The summed E-state index contributed by atoms with van der Waals surface area (Å²) in [5.41, 5.74) is 3.78. The molecule has 0 aliphatic carbocycles. The number of rotatable bonds is 3. The standard InChI is InChI=1S/C19H23N3O2/c1-14-12-21-7-5-16(14)19(22-9-2-6-20-8-10-22)15-3-4-17-18(11-15)24-13-23-17/h3-5,7,11-12,19-20H,2,6,8-10,13H2,1H3. The van der Waals surface area contributed by atoms with E-state index in [2.05, 4.69) is 40.3 Å². The van der Waals surface area contributed by atoms with Crippen LogP contribution in [0.4, 0.5) is 0 Å². The minimum Gasteiger partial charge on any atom is -0.454 e. The average molecular weight is 325 g/mol. The van der Waals surface area contributed by atoms with Crippen LogP contribution in [0.5, 0.6) is 11.5 Å². The number of pyridine rings is 1. The quantitative estimate of drug-likeness (QED) is 0.939. The number of hydrogen-bond acceptors (Lipinski definition) is 5. The molecule has 0 saturated carbocycles. The maximum absolute atomic E-state index is 5.60. The van der Waals surface area contributed by atoms with E-state index in [0.29, 0.717) is 6.79 Å². The fourth-order valence-electron chi connectivity index (χ4n) is 3.59. The highest BCUT2D eigenvalue weighted by Crippen LogP contribution is 2.38. The van der Waals surface area contributed by atoms with E-state index in [1.165, 1.54) is 16.7 Å². The SMILES string of the molecule is Cc1cnccc1C(c1ccc2c(c1)OCO2)N1CCCNCC1.